The maximum Gasteiger partial charge on any atom is 0.315 e. The van der Waals surface area contributed by atoms with Crippen LogP contribution in [0.15, 0.2) is 0 Å². The third-order valence-corrected chi connectivity index (χ3v) is 5.98. The van der Waals surface area contributed by atoms with E-state index in [1.54, 1.807) is 0 Å². The van der Waals surface area contributed by atoms with Crippen molar-refractivity contribution in [3.05, 3.63) is 0 Å². The molecule has 2 rings (SSSR count). The maximum absolute atomic E-state index is 11.7. The van der Waals surface area contributed by atoms with Gasteiger partial charge >= 0.3 is 12.0 Å². The number of carboxylic acids is 1. The van der Waals surface area contributed by atoms with Gasteiger partial charge in [-0.1, -0.05) is 12.8 Å². The highest BCUT2D eigenvalue weighted by atomic mass is 32.2. The standard InChI is InChI=1S/C16H27N3O4S/c20-13(17-9-5-1-2-8-14(21)22)7-4-3-6-12-15-11(10-24-12)18-16(23)19-15/h11-12,15H,1-10H2,(H,17,20)(H,21,22)(H2,18,19,23)/t11-,12+,15-/m0/s1. The minimum absolute atomic E-state index is 0.0574. The van der Waals surface area contributed by atoms with Gasteiger partial charge in [-0.3, -0.25) is 9.59 Å². The Morgan fingerprint density at radius 2 is 1.92 bits per heavy atom. The van der Waals surface area contributed by atoms with Gasteiger partial charge in [0.25, 0.3) is 0 Å². The summed E-state index contributed by atoms with van der Waals surface area (Å²) in [5.74, 6) is 0.274. The predicted octanol–water partition coefficient (Wildman–Crippen LogP) is 1.47. The van der Waals surface area contributed by atoms with Crippen LogP contribution >= 0.6 is 11.8 Å². The molecule has 0 aromatic heterocycles. The molecule has 2 aliphatic rings. The van der Waals surface area contributed by atoms with Gasteiger partial charge in [-0.05, 0) is 25.7 Å². The average molecular weight is 357 g/mol. The van der Waals surface area contributed by atoms with E-state index in [0.717, 1.165) is 37.9 Å². The first kappa shape index (κ1) is 18.9. The molecular formula is C16H27N3O4S. The van der Waals surface area contributed by atoms with Gasteiger partial charge in [0, 0.05) is 30.4 Å². The number of fused-ring (bicyclic) bond motifs is 1. The van der Waals surface area contributed by atoms with E-state index in [1.807, 2.05) is 11.8 Å². The third-order valence-electron chi connectivity index (χ3n) is 4.47. The Labute approximate surface area is 146 Å². The van der Waals surface area contributed by atoms with Crippen LogP contribution in [0.2, 0.25) is 0 Å². The SMILES string of the molecule is O=C(O)CCCCCNC(=O)CCCC[C@H]1SC[C@@H]2NC(=O)N[C@@H]21. The molecule has 3 atom stereocenters. The van der Waals surface area contributed by atoms with Crippen molar-refractivity contribution in [2.75, 3.05) is 12.3 Å². The Balaban J connectivity index is 1.45. The summed E-state index contributed by atoms with van der Waals surface area (Å²) in [6, 6.07) is 0.442. The molecule has 0 spiro atoms. The summed E-state index contributed by atoms with van der Waals surface area (Å²) in [5.41, 5.74) is 0. The van der Waals surface area contributed by atoms with Crippen LogP contribution in [-0.4, -0.2) is 52.6 Å². The zero-order chi connectivity index (χ0) is 17.4. The Morgan fingerprint density at radius 3 is 2.71 bits per heavy atom. The van der Waals surface area contributed by atoms with Gasteiger partial charge in [0.2, 0.25) is 5.91 Å². The number of thioether (sulfide) groups is 1. The molecule has 0 radical (unpaired) electrons. The van der Waals surface area contributed by atoms with Crippen LogP contribution in [0.3, 0.4) is 0 Å². The summed E-state index contributed by atoms with van der Waals surface area (Å²) >= 11 is 1.90. The second kappa shape index (κ2) is 9.76. The molecule has 0 aromatic carbocycles. The van der Waals surface area contributed by atoms with Crippen molar-refractivity contribution in [3.63, 3.8) is 0 Å². The average Bonchev–Trinajstić information content (AvgIpc) is 3.06. The fourth-order valence-corrected chi connectivity index (χ4v) is 4.71. The molecule has 24 heavy (non-hydrogen) atoms. The van der Waals surface area contributed by atoms with Crippen LogP contribution in [0.5, 0.6) is 0 Å². The lowest BCUT2D eigenvalue weighted by Gasteiger charge is -2.16. The monoisotopic (exact) mass is 357 g/mol. The first-order chi connectivity index (χ1) is 11.6. The minimum atomic E-state index is -0.765. The third kappa shape index (κ3) is 6.22. The molecule has 2 saturated heterocycles. The van der Waals surface area contributed by atoms with Crippen molar-refractivity contribution in [1.82, 2.24) is 16.0 Å². The Kier molecular flexibility index (Phi) is 7.68. The number of carboxylic acid groups (broad SMARTS) is 1. The van der Waals surface area contributed by atoms with Crippen LogP contribution in [0.1, 0.15) is 51.4 Å². The molecule has 0 aromatic rings. The van der Waals surface area contributed by atoms with Crippen molar-refractivity contribution in [1.29, 1.82) is 0 Å². The van der Waals surface area contributed by atoms with Gasteiger partial charge in [0.1, 0.15) is 0 Å². The number of carbonyl (C=O) groups excluding carboxylic acids is 2. The number of rotatable bonds is 11. The van der Waals surface area contributed by atoms with Gasteiger partial charge in [0.05, 0.1) is 12.1 Å². The summed E-state index contributed by atoms with van der Waals surface area (Å²) < 4.78 is 0. The molecule has 0 aliphatic carbocycles. The largest absolute Gasteiger partial charge is 0.481 e. The van der Waals surface area contributed by atoms with Crippen LogP contribution < -0.4 is 16.0 Å². The van der Waals surface area contributed by atoms with Gasteiger partial charge in [0.15, 0.2) is 0 Å². The van der Waals surface area contributed by atoms with Crippen molar-refractivity contribution >= 4 is 29.7 Å². The fourth-order valence-electron chi connectivity index (χ4n) is 3.17. The van der Waals surface area contributed by atoms with Crippen molar-refractivity contribution < 1.29 is 19.5 Å². The molecule has 0 unspecified atom stereocenters. The zero-order valence-electron chi connectivity index (χ0n) is 13.9. The summed E-state index contributed by atoms with van der Waals surface area (Å²) in [7, 11) is 0. The lowest BCUT2D eigenvalue weighted by Crippen LogP contribution is -2.36. The second-order valence-electron chi connectivity index (χ2n) is 6.42. The lowest BCUT2D eigenvalue weighted by atomic mass is 10.0. The van der Waals surface area contributed by atoms with Crippen LogP contribution in [0.25, 0.3) is 0 Å². The topological polar surface area (TPSA) is 108 Å². The first-order valence-corrected chi connectivity index (χ1v) is 9.78. The number of hydrogen-bond donors (Lipinski definition) is 4. The predicted molar refractivity (Wildman–Crippen MR) is 93.1 cm³/mol. The van der Waals surface area contributed by atoms with E-state index in [9.17, 15) is 14.4 Å². The molecule has 7 nitrogen and oxygen atoms in total. The van der Waals surface area contributed by atoms with Crippen LogP contribution in [0.4, 0.5) is 4.79 Å². The van der Waals surface area contributed by atoms with E-state index in [-0.39, 0.29) is 30.4 Å². The molecule has 8 heteroatoms. The maximum atomic E-state index is 11.7. The number of unbranched alkanes of at least 4 members (excludes halogenated alkanes) is 3. The molecule has 136 valence electrons. The summed E-state index contributed by atoms with van der Waals surface area (Å²) in [6.07, 6.45) is 5.93. The van der Waals surface area contributed by atoms with E-state index in [4.69, 9.17) is 5.11 Å². The van der Waals surface area contributed by atoms with Crippen molar-refractivity contribution in [2.24, 2.45) is 0 Å². The molecule has 0 bridgehead atoms. The smallest absolute Gasteiger partial charge is 0.315 e. The molecule has 0 saturated carbocycles. The van der Waals surface area contributed by atoms with Crippen molar-refractivity contribution in [2.45, 2.75) is 68.7 Å². The Hall–Kier alpha value is -1.44. The minimum Gasteiger partial charge on any atom is -0.481 e. The number of carbonyl (C=O) groups is 3. The number of nitrogens with one attached hydrogen (secondary N) is 3. The van der Waals surface area contributed by atoms with Gasteiger partial charge in [-0.15, -0.1) is 0 Å². The highest BCUT2D eigenvalue weighted by molar-refractivity contribution is 8.00. The number of hydrogen-bond acceptors (Lipinski definition) is 4. The Bertz CT molecular complexity index is 461. The number of aliphatic carboxylic acids is 1. The van der Waals surface area contributed by atoms with E-state index < -0.39 is 5.97 Å². The summed E-state index contributed by atoms with van der Waals surface area (Å²) in [4.78, 5) is 33.4. The van der Waals surface area contributed by atoms with Gasteiger partial charge in [-0.2, -0.15) is 11.8 Å². The van der Waals surface area contributed by atoms with Crippen LogP contribution in [0, 0.1) is 0 Å². The molecule has 2 aliphatic heterocycles. The lowest BCUT2D eigenvalue weighted by molar-refractivity contribution is -0.137. The number of urea groups is 1. The van der Waals surface area contributed by atoms with Gasteiger partial charge < -0.3 is 21.1 Å². The quantitative estimate of drug-likeness (QED) is 0.331. The van der Waals surface area contributed by atoms with E-state index in [2.05, 4.69) is 16.0 Å². The highest BCUT2D eigenvalue weighted by Crippen LogP contribution is 2.33. The molecule has 2 heterocycles. The highest BCUT2D eigenvalue weighted by Gasteiger charge is 2.42. The molecule has 3 amide bonds. The molecule has 2 fully saturated rings. The number of amides is 3. The van der Waals surface area contributed by atoms with Crippen molar-refractivity contribution in [3.8, 4) is 0 Å². The summed E-state index contributed by atoms with van der Waals surface area (Å²) in [5, 5.41) is 17.8. The van der Waals surface area contributed by atoms with Crippen LogP contribution in [-0.2, 0) is 9.59 Å². The zero-order valence-corrected chi connectivity index (χ0v) is 14.7. The first-order valence-electron chi connectivity index (χ1n) is 8.73. The second-order valence-corrected chi connectivity index (χ2v) is 7.69. The fraction of sp³-hybridized carbons (Fsp3) is 0.812. The van der Waals surface area contributed by atoms with E-state index >= 15 is 0 Å². The normalized spacial score (nSPS) is 25.0. The molecular weight excluding hydrogens is 330 g/mol. The van der Waals surface area contributed by atoms with E-state index in [0.29, 0.717) is 24.6 Å². The Morgan fingerprint density at radius 1 is 1.12 bits per heavy atom. The van der Waals surface area contributed by atoms with Gasteiger partial charge in [-0.25, -0.2) is 4.79 Å². The summed E-state index contributed by atoms with van der Waals surface area (Å²) in [6.45, 7) is 0.623. The molecule has 4 N–H and O–H groups in total. The van der Waals surface area contributed by atoms with E-state index in [1.165, 1.54) is 0 Å².